The van der Waals surface area contributed by atoms with Gasteiger partial charge in [-0.3, -0.25) is 4.55 Å². The molecule has 0 aliphatic rings. The van der Waals surface area contributed by atoms with Crippen LogP contribution in [0.4, 0.5) is 5.69 Å². The summed E-state index contributed by atoms with van der Waals surface area (Å²) in [4.78, 5) is 0.284. The molecule has 0 saturated carbocycles. The summed E-state index contributed by atoms with van der Waals surface area (Å²) in [5.74, 6) is 0. The van der Waals surface area contributed by atoms with Gasteiger partial charge in [0.05, 0.1) is 4.90 Å². The molecular formula is C10H9NO3S2. The lowest BCUT2D eigenvalue weighted by molar-refractivity contribution is 0.483. The predicted octanol–water partition coefficient (Wildman–Crippen LogP) is 1.96. The maximum absolute atomic E-state index is 11.0. The number of hydrogen-bond donors (Lipinski definition) is 3. The Morgan fingerprint density at radius 3 is 2.50 bits per heavy atom. The summed E-state index contributed by atoms with van der Waals surface area (Å²) >= 11 is 4.17. The van der Waals surface area contributed by atoms with Crippen LogP contribution in [0, 0.1) is 0 Å². The van der Waals surface area contributed by atoms with Crippen molar-refractivity contribution in [1.29, 1.82) is 0 Å². The molecule has 0 unspecified atom stereocenters. The maximum atomic E-state index is 11.0. The third-order valence-electron chi connectivity index (χ3n) is 2.23. The van der Waals surface area contributed by atoms with Gasteiger partial charge < -0.3 is 5.73 Å². The van der Waals surface area contributed by atoms with Crippen LogP contribution in [0.1, 0.15) is 0 Å². The Balaban J connectivity index is 2.84. The van der Waals surface area contributed by atoms with Gasteiger partial charge in [0.2, 0.25) is 0 Å². The van der Waals surface area contributed by atoms with Crippen LogP contribution in [0.2, 0.25) is 0 Å². The average Bonchev–Trinajstić information content (AvgIpc) is 2.17. The molecule has 0 aliphatic heterocycles. The quantitative estimate of drug-likeness (QED) is 0.413. The highest BCUT2D eigenvalue weighted by molar-refractivity contribution is 7.86. The molecular weight excluding hydrogens is 246 g/mol. The van der Waals surface area contributed by atoms with Gasteiger partial charge in [-0.25, -0.2) is 0 Å². The van der Waals surface area contributed by atoms with E-state index in [4.69, 9.17) is 10.3 Å². The van der Waals surface area contributed by atoms with Crippen molar-refractivity contribution in [3.05, 3.63) is 30.3 Å². The second-order valence-corrected chi connectivity index (χ2v) is 5.30. The molecule has 0 aliphatic carbocycles. The van der Waals surface area contributed by atoms with Crippen molar-refractivity contribution >= 4 is 39.2 Å². The molecule has 6 heteroatoms. The van der Waals surface area contributed by atoms with E-state index in [9.17, 15) is 8.42 Å². The highest BCUT2D eigenvalue weighted by atomic mass is 32.2. The van der Waals surface area contributed by atoms with Gasteiger partial charge in [-0.05, 0) is 35.0 Å². The fraction of sp³-hybridized carbons (Fsp3) is 0. The average molecular weight is 255 g/mol. The van der Waals surface area contributed by atoms with Crippen molar-refractivity contribution in [3.8, 4) is 0 Å². The number of thiol groups is 1. The van der Waals surface area contributed by atoms with Gasteiger partial charge in [-0.15, -0.1) is 12.6 Å². The maximum Gasteiger partial charge on any atom is 0.294 e. The van der Waals surface area contributed by atoms with E-state index >= 15 is 0 Å². The molecule has 3 N–H and O–H groups in total. The summed E-state index contributed by atoms with van der Waals surface area (Å²) in [5, 5.41) is 1.41. The number of rotatable bonds is 1. The largest absolute Gasteiger partial charge is 0.399 e. The molecule has 0 amide bonds. The summed E-state index contributed by atoms with van der Waals surface area (Å²) in [6, 6.07) is 7.71. The van der Waals surface area contributed by atoms with Crippen LogP contribution in [0.15, 0.2) is 40.1 Å². The van der Waals surface area contributed by atoms with E-state index < -0.39 is 10.1 Å². The first-order valence-electron chi connectivity index (χ1n) is 4.38. The topological polar surface area (TPSA) is 80.4 Å². The van der Waals surface area contributed by atoms with Gasteiger partial charge in [0.25, 0.3) is 10.1 Å². The van der Waals surface area contributed by atoms with Gasteiger partial charge >= 0.3 is 0 Å². The first kappa shape index (κ1) is 11.3. The molecule has 4 nitrogen and oxygen atoms in total. The molecule has 16 heavy (non-hydrogen) atoms. The Morgan fingerprint density at radius 1 is 1.19 bits per heavy atom. The molecule has 0 aromatic heterocycles. The van der Waals surface area contributed by atoms with Gasteiger partial charge in [0, 0.05) is 10.6 Å². The number of fused-ring (bicyclic) bond motifs is 1. The van der Waals surface area contributed by atoms with Gasteiger partial charge in [-0.1, -0.05) is 6.07 Å². The molecule has 0 saturated heterocycles. The van der Waals surface area contributed by atoms with Crippen LogP contribution in [-0.4, -0.2) is 13.0 Å². The summed E-state index contributed by atoms with van der Waals surface area (Å²) in [6.07, 6.45) is 0. The van der Waals surface area contributed by atoms with Crippen LogP contribution in [0.5, 0.6) is 0 Å². The van der Waals surface area contributed by atoms with Crippen molar-refractivity contribution in [1.82, 2.24) is 0 Å². The first-order chi connectivity index (χ1) is 7.38. The number of nitrogens with two attached hydrogens (primary N) is 1. The third-order valence-corrected chi connectivity index (χ3v) is 3.43. The van der Waals surface area contributed by atoms with Gasteiger partial charge in [0.15, 0.2) is 0 Å². The van der Waals surface area contributed by atoms with E-state index in [0.29, 0.717) is 16.0 Å². The molecule has 2 rings (SSSR count). The summed E-state index contributed by atoms with van der Waals surface area (Å²) in [5.41, 5.74) is 6.19. The normalized spacial score (nSPS) is 11.9. The van der Waals surface area contributed by atoms with E-state index in [1.807, 2.05) is 0 Å². The molecule has 0 heterocycles. The summed E-state index contributed by atoms with van der Waals surface area (Å²) < 4.78 is 30.9. The smallest absolute Gasteiger partial charge is 0.294 e. The Kier molecular flexibility index (Phi) is 2.57. The zero-order chi connectivity index (χ0) is 11.9. The van der Waals surface area contributed by atoms with Crippen LogP contribution in [0.3, 0.4) is 0 Å². The third kappa shape index (κ3) is 1.99. The van der Waals surface area contributed by atoms with Crippen LogP contribution in [0.25, 0.3) is 10.8 Å². The Morgan fingerprint density at radius 2 is 1.88 bits per heavy atom. The van der Waals surface area contributed by atoms with Crippen LogP contribution < -0.4 is 5.73 Å². The van der Waals surface area contributed by atoms with Crippen LogP contribution >= 0.6 is 12.6 Å². The number of anilines is 1. The fourth-order valence-corrected chi connectivity index (χ4v) is 2.44. The predicted molar refractivity (Wildman–Crippen MR) is 65.4 cm³/mol. The zero-order valence-electron chi connectivity index (χ0n) is 8.08. The molecule has 84 valence electrons. The van der Waals surface area contributed by atoms with Crippen molar-refractivity contribution in [3.63, 3.8) is 0 Å². The van der Waals surface area contributed by atoms with Gasteiger partial charge in [0.1, 0.15) is 0 Å². The lowest BCUT2D eigenvalue weighted by Gasteiger charge is -2.05. The monoisotopic (exact) mass is 255 g/mol. The summed E-state index contributed by atoms with van der Waals surface area (Å²) in [6.45, 7) is 0. The SMILES string of the molecule is Nc1ccc2cc(S(=O)(=O)O)cc(S)c2c1. The molecule has 0 spiro atoms. The first-order valence-corrected chi connectivity index (χ1v) is 6.26. The van der Waals surface area contributed by atoms with Crippen molar-refractivity contribution in [2.45, 2.75) is 9.79 Å². The van der Waals surface area contributed by atoms with Crippen molar-refractivity contribution in [2.24, 2.45) is 0 Å². The molecule has 0 radical (unpaired) electrons. The van der Waals surface area contributed by atoms with E-state index in [-0.39, 0.29) is 4.90 Å². The summed E-state index contributed by atoms with van der Waals surface area (Å²) in [7, 11) is -4.21. The molecule has 0 bridgehead atoms. The zero-order valence-corrected chi connectivity index (χ0v) is 9.79. The molecule has 2 aromatic rings. The van der Waals surface area contributed by atoms with E-state index in [1.165, 1.54) is 12.1 Å². The number of nitrogen functional groups attached to an aromatic ring is 1. The minimum atomic E-state index is -4.21. The Hall–Kier alpha value is -1.24. The lowest BCUT2D eigenvalue weighted by atomic mass is 10.1. The second-order valence-electron chi connectivity index (χ2n) is 3.40. The molecule has 0 atom stereocenters. The van der Waals surface area contributed by atoms with Crippen molar-refractivity contribution < 1.29 is 13.0 Å². The lowest BCUT2D eigenvalue weighted by Crippen LogP contribution is -1.98. The number of hydrogen-bond acceptors (Lipinski definition) is 4. The highest BCUT2D eigenvalue weighted by Crippen LogP contribution is 2.27. The van der Waals surface area contributed by atoms with Gasteiger partial charge in [-0.2, -0.15) is 8.42 Å². The highest BCUT2D eigenvalue weighted by Gasteiger charge is 2.12. The van der Waals surface area contributed by atoms with E-state index in [0.717, 1.165) is 5.39 Å². The van der Waals surface area contributed by atoms with Crippen molar-refractivity contribution in [2.75, 3.05) is 5.73 Å². The fourth-order valence-electron chi connectivity index (χ4n) is 1.48. The minimum absolute atomic E-state index is 0.172. The Bertz CT molecular complexity index is 665. The van der Waals surface area contributed by atoms with E-state index in [1.54, 1.807) is 18.2 Å². The Labute approximate surface area is 98.2 Å². The minimum Gasteiger partial charge on any atom is -0.399 e. The standard InChI is InChI=1S/C10H9NO3S2/c11-7-2-1-6-3-8(16(12,13)14)5-10(15)9(6)4-7/h1-5,15H,11H2,(H,12,13,14). The molecule has 0 fully saturated rings. The van der Waals surface area contributed by atoms with E-state index in [2.05, 4.69) is 12.6 Å². The number of benzene rings is 2. The molecule has 2 aromatic carbocycles. The van der Waals surface area contributed by atoms with Crippen LogP contribution in [-0.2, 0) is 10.1 Å². The second kappa shape index (κ2) is 3.65.